The summed E-state index contributed by atoms with van der Waals surface area (Å²) in [7, 11) is 0. The number of hydrogen-bond acceptors (Lipinski definition) is 3. The first-order valence-electron chi connectivity index (χ1n) is 6.00. The average molecular weight is 345 g/mol. The van der Waals surface area contributed by atoms with E-state index in [9.17, 15) is 9.18 Å². The summed E-state index contributed by atoms with van der Waals surface area (Å²) in [6, 6.07) is 7.45. The molecule has 1 aromatic carbocycles. The zero-order chi connectivity index (χ0) is 15.4. The highest BCUT2D eigenvalue weighted by molar-refractivity contribution is 8.00. The van der Waals surface area contributed by atoms with Crippen LogP contribution in [0.5, 0.6) is 0 Å². The highest BCUT2D eigenvalue weighted by atomic mass is 35.5. The Labute approximate surface area is 135 Å². The van der Waals surface area contributed by atoms with E-state index in [1.165, 1.54) is 36.2 Å². The molecular weight excluding hydrogens is 334 g/mol. The molecule has 0 fully saturated rings. The van der Waals surface area contributed by atoms with Crippen LogP contribution in [0.4, 0.5) is 10.2 Å². The van der Waals surface area contributed by atoms with Crippen LogP contribution < -0.4 is 5.32 Å². The molecule has 1 N–H and O–H groups in total. The third-order valence-electron chi connectivity index (χ3n) is 2.55. The number of nitrogens with zero attached hydrogens (tertiary/aromatic N) is 1. The topological polar surface area (TPSA) is 42.0 Å². The molecule has 1 aromatic heterocycles. The summed E-state index contributed by atoms with van der Waals surface area (Å²) >= 11 is 13.0. The van der Waals surface area contributed by atoms with Crippen molar-refractivity contribution in [3.05, 3.63) is 52.4 Å². The summed E-state index contributed by atoms with van der Waals surface area (Å²) in [6.07, 6.45) is 1.40. The number of carbonyl (C=O) groups excluding carboxylic acids is 1. The predicted octanol–water partition coefficient (Wildman–Crippen LogP) is 4.65. The van der Waals surface area contributed by atoms with E-state index < -0.39 is 0 Å². The van der Waals surface area contributed by atoms with Crippen molar-refractivity contribution in [3.63, 3.8) is 0 Å². The highest BCUT2D eigenvalue weighted by Gasteiger charge is 2.16. The van der Waals surface area contributed by atoms with Crippen molar-refractivity contribution < 1.29 is 9.18 Å². The molecule has 0 radical (unpaired) electrons. The molecule has 0 saturated heterocycles. The fraction of sp³-hybridized carbons (Fsp3) is 0.143. The Balaban J connectivity index is 2.00. The van der Waals surface area contributed by atoms with Crippen LogP contribution in [0.1, 0.15) is 6.92 Å². The third kappa shape index (κ3) is 4.59. The maximum Gasteiger partial charge on any atom is 0.238 e. The number of benzene rings is 1. The lowest BCUT2D eigenvalue weighted by atomic mass is 10.3. The normalized spacial score (nSPS) is 12.0. The molecule has 2 rings (SSSR count). The second-order valence-corrected chi connectivity index (χ2v) is 6.45. The summed E-state index contributed by atoms with van der Waals surface area (Å²) in [5.74, 6) is -0.299. The number of rotatable bonds is 4. The van der Waals surface area contributed by atoms with Crippen LogP contribution in [0, 0.1) is 5.82 Å². The lowest BCUT2D eigenvalue weighted by Crippen LogP contribution is -2.23. The molecule has 1 amide bonds. The molecule has 2 aromatic rings. The van der Waals surface area contributed by atoms with Gasteiger partial charge in [0.15, 0.2) is 5.82 Å². The van der Waals surface area contributed by atoms with Crippen LogP contribution >= 0.6 is 35.0 Å². The minimum Gasteiger partial charge on any atom is -0.308 e. The lowest BCUT2D eigenvalue weighted by Gasteiger charge is -2.12. The first kappa shape index (κ1) is 16.1. The van der Waals surface area contributed by atoms with Gasteiger partial charge in [-0.05, 0) is 37.3 Å². The van der Waals surface area contributed by atoms with E-state index in [0.717, 1.165) is 4.90 Å². The number of nitrogens with one attached hydrogen (secondary N) is 1. The number of thioether (sulfide) groups is 1. The summed E-state index contributed by atoms with van der Waals surface area (Å²) in [5, 5.41) is 2.92. The number of anilines is 1. The van der Waals surface area contributed by atoms with E-state index in [2.05, 4.69) is 10.3 Å². The number of hydrogen-bond donors (Lipinski definition) is 1. The number of pyridine rings is 1. The van der Waals surface area contributed by atoms with Gasteiger partial charge in [0.1, 0.15) is 5.82 Å². The van der Waals surface area contributed by atoms with E-state index in [1.807, 2.05) is 0 Å². The van der Waals surface area contributed by atoms with Crippen molar-refractivity contribution in [2.24, 2.45) is 0 Å². The highest BCUT2D eigenvalue weighted by Crippen LogP contribution is 2.26. The molecular formula is C14H11Cl2FN2OS. The molecule has 0 aliphatic heterocycles. The fourth-order valence-corrected chi connectivity index (χ4v) is 2.79. The minimum atomic E-state index is -0.385. The average Bonchev–Trinajstić information content (AvgIpc) is 2.44. The molecule has 1 atom stereocenters. The Morgan fingerprint density at radius 1 is 1.33 bits per heavy atom. The second kappa shape index (κ2) is 7.11. The summed E-state index contributed by atoms with van der Waals surface area (Å²) in [6.45, 7) is 1.74. The smallest absolute Gasteiger partial charge is 0.238 e. The Hall–Kier alpha value is -1.30. The number of carbonyl (C=O) groups is 1. The van der Waals surface area contributed by atoms with E-state index in [0.29, 0.717) is 5.02 Å². The van der Waals surface area contributed by atoms with Crippen LogP contribution in [0.15, 0.2) is 41.4 Å². The van der Waals surface area contributed by atoms with E-state index in [1.54, 1.807) is 19.1 Å². The molecule has 0 saturated carbocycles. The number of halogens is 3. The molecule has 0 bridgehead atoms. The molecule has 1 heterocycles. The SMILES string of the molecule is C[C@@H](Sc1ccc(F)cc1)C(=O)Nc1ncc(Cl)cc1Cl. The van der Waals surface area contributed by atoms with Gasteiger partial charge in [-0.2, -0.15) is 0 Å². The first-order chi connectivity index (χ1) is 9.95. The standard InChI is InChI=1S/C14H11Cl2FN2OS/c1-8(21-11-4-2-10(17)3-5-11)14(20)19-13-12(16)6-9(15)7-18-13/h2-8H,1H3,(H,18,19,20)/t8-/m1/s1. The van der Waals surface area contributed by atoms with Crippen LogP contribution in [0.2, 0.25) is 10.0 Å². The van der Waals surface area contributed by atoms with Crippen molar-refractivity contribution in [2.45, 2.75) is 17.1 Å². The van der Waals surface area contributed by atoms with Crippen molar-refractivity contribution >= 4 is 46.7 Å². The first-order valence-corrected chi connectivity index (χ1v) is 7.63. The van der Waals surface area contributed by atoms with Crippen molar-refractivity contribution in [1.29, 1.82) is 0 Å². The van der Waals surface area contributed by atoms with Gasteiger partial charge >= 0.3 is 0 Å². The molecule has 7 heteroatoms. The summed E-state index contributed by atoms with van der Waals surface area (Å²) in [5.41, 5.74) is 0. The lowest BCUT2D eigenvalue weighted by molar-refractivity contribution is -0.115. The Morgan fingerprint density at radius 3 is 2.62 bits per heavy atom. The van der Waals surface area contributed by atoms with Crippen molar-refractivity contribution in [1.82, 2.24) is 4.98 Å². The fourth-order valence-electron chi connectivity index (χ4n) is 1.50. The zero-order valence-corrected chi connectivity index (χ0v) is 13.3. The third-order valence-corrected chi connectivity index (χ3v) is 4.15. The molecule has 110 valence electrons. The van der Waals surface area contributed by atoms with Gasteiger partial charge in [-0.25, -0.2) is 9.37 Å². The van der Waals surface area contributed by atoms with Crippen molar-refractivity contribution in [3.8, 4) is 0 Å². The van der Waals surface area contributed by atoms with Crippen LogP contribution in [0.25, 0.3) is 0 Å². The van der Waals surface area contributed by atoms with Gasteiger partial charge in [-0.3, -0.25) is 4.79 Å². The maximum absolute atomic E-state index is 12.8. The molecule has 3 nitrogen and oxygen atoms in total. The van der Waals surface area contributed by atoms with Crippen LogP contribution in [-0.2, 0) is 4.79 Å². The molecule has 0 spiro atoms. The number of aromatic nitrogens is 1. The zero-order valence-electron chi connectivity index (χ0n) is 10.9. The van der Waals surface area contributed by atoms with Gasteiger partial charge in [-0.15, -0.1) is 11.8 Å². The Bertz CT molecular complexity index is 652. The predicted molar refractivity (Wildman–Crippen MR) is 84.6 cm³/mol. The van der Waals surface area contributed by atoms with Crippen LogP contribution in [-0.4, -0.2) is 16.1 Å². The molecule has 21 heavy (non-hydrogen) atoms. The van der Waals surface area contributed by atoms with Gasteiger partial charge in [-0.1, -0.05) is 23.2 Å². The van der Waals surface area contributed by atoms with Crippen molar-refractivity contribution in [2.75, 3.05) is 5.32 Å². The summed E-state index contributed by atoms with van der Waals surface area (Å²) < 4.78 is 12.8. The quantitative estimate of drug-likeness (QED) is 0.821. The Kier molecular flexibility index (Phi) is 5.45. The van der Waals surface area contributed by atoms with Gasteiger partial charge in [0.05, 0.1) is 15.3 Å². The minimum absolute atomic E-state index is 0.249. The van der Waals surface area contributed by atoms with E-state index >= 15 is 0 Å². The van der Waals surface area contributed by atoms with E-state index in [-0.39, 0.29) is 27.8 Å². The maximum atomic E-state index is 12.8. The molecule has 0 aliphatic carbocycles. The van der Waals surface area contributed by atoms with E-state index in [4.69, 9.17) is 23.2 Å². The molecule has 0 unspecified atom stereocenters. The number of amides is 1. The monoisotopic (exact) mass is 344 g/mol. The second-order valence-electron chi connectivity index (χ2n) is 4.19. The largest absolute Gasteiger partial charge is 0.308 e. The molecule has 0 aliphatic rings. The van der Waals surface area contributed by atoms with Gasteiger partial charge in [0.25, 0.3) is 0 Å². The summed E-state index contributed by atoms with van der Waals surface area (Å²) in [4.78, 5) is 16.8. The van der Waals surface area contributed by atoms with Gasteiger partial charge in [0, 0.05) is 11.1 Å². The van der Waals surface area contributed by atoms with Gasteiger partial charge in [0.2, 0.25) is 5.91 Å². The Morgan fingerprint density at radius 2 is 2.00 bits per heavy atom. The van der Waals surface area contributed by atoms with Crippen LogP contribution in [0.3, 0.4) is 0 Å². The van der Waals surface area contributed by atoms with Gasteiger partial charge < -0.3 is 5.32 Å².